The van der Waals surface area contributed by atoms with E-state index in [0.29, 0.717) is 30.1 Å². The number of carbonyl (C=O) groups excluding carboxylic acids is 2. The van der Waals surface area contributed by atoms with Gasteiger partial charge in [0.05, 0.1) is 13.2 Å². The summed E-state index contributed by atoms with van der Waals surface area (Å²) in [6.07, 6.45) is 28.4. The van der Waals surface area contributed by atoms with Gasteiger partial charge in [-0.05, 0) is 48.6 Å². The van der Waals surface area contributed by atoms with Gasteiger partial charge in [-0.15, -0.1) is 0 Å². The van der Waals surface area contributed by atoms with E-state index in [9.17, 15) is 9.59 Å². The van der Waals surface area contributed by atoms with Crippen LogP contribution in [0, 0.1) is 0 Å². The number of unbranched alkanes of at least 4 members (excludes halogenated alkanes) is 18. The van der Waals surface area contributed by atoms with Gasteiger partial charge in [-0.2, -0.15) is 0 Å². The molecule has 1 aliphatic rings. The van der Waals surface area contributed by atoms with Crippen molar-refractivity contribution < 1.29 is 19.1 Å². The molecule has 0 heterocycles. The molecule has 0 radical (unpaired) electrons. The Morgan fingerprint density at radius 2 is 0.929 bits per heavy atom. The third-order valence-electron chi connectivity index (χ3n) is 8.49. The highest BCUT2D eigenvalue weighted by molar-refractivity contribution is 6.23. The molecule has 4 heteroatoms. The summed E-state index contributed by atoms with van der Waals surface area (Å²) in [5.74, 6) is 1.17. The van der Waals surface area contributed by atoms with E-state index in [1.807, 2.05) is 24.3 Å². The topological polar surface area (TPSA) is 52.6 Å². The van der Waals surface area contributed by atoms with Crippen molar-refractivity contribution in [2.75, 3.05) is 13.2 Å². The number of rotatable bonds is 24. The summed E-state index contributed by atoms with van der Waals surface area (Å²) in [6, 6.07) is 7.60. The molecule has 0 saturated heterocycles. The normalized spacial score (nSPS) is 12.7. The summed E-state index contributed by atoms with van der Waals surface area (Å²) in [6.45, 7) is 5.80. The van der Waals surface area contributed by atoms with Crippen molar-refractivity contribution in [1.82, 2.24) is 0 Å². The van der Waals surface area contributed by atoms with Gasteiger partial charge in [0, 0.05) is 16.5 Å². The fourth-order valence-corrected chi connectivity index (χ4v) is 5.86. The van der Waals surface area contributed by atoms with Gasteiger partial charge in [0.1, 0.15) is 0 Å². The van der Waals surface area contributed by atoms with Crippen LogP contribution in [0.5, 0.6) is 11.5 Å². The highest BCUT2D eigenvalue weighted by atomic mass is 16.5. The van der Waals surface area contributed by atoms with Crippen LogP contribution in [0.25, 0.3) is 10.8 Å². The lowest BCUT2D eigenvalue weighted by atomic mass is 9.91. The molecular weight excluding hydrogens is 520 g/mol. The maximum atomic E-state index is 12.6. The standard InChI is InChI=1S/C38H56O4/c1-3-5-7-9-11-13-15-17-19-21-27-41-37-26-23-31-29-33-34(36(40)25-24-35(33)39)30-32(31)38(37)42-28-22-20-18-16-14-12-10-8-6-4-2/h23-26,29-30H,3-22,27-28H2,1-2H3. The molecule has 0 fully saturated rings. The van der Waals surface area contributed by atoms with Gasteiger partial charge in [0.25, 0.3) is 0 Å². The zero-order valence-corrected chi connectivity index (χ0v) is 26.7. The van der Waals surface area contributed by atoms with E-state index < -0.39 is 0 Å². The Hall–Kier alpha value is -2.62. The molecule has 0 spiro atoms. The van der Waals surface area contributed by atoms with Crippen molar-refractivity contribution in [3.05, 3.63) is 47.5 Å². The maximum Gasteiger partial charge on any atom is 0.186 e. The van der Waals surface area contributed by atoms with E-state index in [2.05, 4.69) is 13.8 Å². The lowest BCUT2D eigenvalue weighted by Gasteiger charge is -2.17. The number of allylic oxidation sites excluding steroid dienone is 2. The Balaban J connectivity index is 1.52. The zero-order valence-electron chi connectivity index (χ0n) is 26.7. The van der Waals surface area contributed by atoms with Crippen molar-refractivity contribution in [3.8, 4) is 11.5 Å². The van der Waals surface area contributed by atoms with Gasteiger partial charge in [0.15, 0.2) is 23.1 Å². The molecule has 3 rings (SSSR count). The van der Waals surface area contributed by atoms with Crippen molar-refractivity contribution >= 4 is 22.3 Å². The van der Waals surface area contributed by atoms with Crippen molar-refractivity contribution in [3.63, 3.8) is 0 Å². The first kappa shape index (κ1) is 33.9. The number of carbonyl (C=O) groups is 2. The van der Waals surface area contributed by atoms with Gasteiger partial charge in [0.2, 0.25) is 0 Å². The minimum Gasteiger partial charge on any atom is -0.490 e. The molecule has 2 aromatic carbocycles. The van der Waals surface area contributed by atoms with Gasteiger partial charge >= 0.3 is 0 Å². The minimum atomic E-state index is -0.135. The van der Waals surface area contributed by atoms with Gasteiger partial charge in [-0.3, -0.25) is 9.59 Å². The van der Waals surface area contributed by atoms with Crippen LogP contribution < -0.4 is 9.47 Å². The first-order valence-electron chi connectivity index (χ1n) is 17.3. The average molecular weight is 577 g/mol. The van der Waals surface area contributed by atoms with Crippen molar-refractivity contribution in [1.29, 1.82) is 0 Å². The van der Waals surface area contributed by atoms with E-state index in [0.717, 1.165) is 35.8 Å². The number of benzene rings is 2. The lowest BCUT2D eigenvalue weighted by Crippen LogP contribution is -2.11. The molecule has 0 aliphatic heterocycles. The molecule has 42 heavy (non-hydrogen) atoms. The SMILES string of the molecule is CCCCCCCCCCCCOc1ccc2cc3c(cc2c1OCCCCCCCCCCCC)C(=O)C=CC3=O. The minimum absolute atomic E-state index is 0.124. The van der Waals surface area contributed by atoms with E-state index in [4.69, 9.17) is 9.47 Å². The average Bonchev–Trinajstić information content (AvgIpc) is 3.00. The summed E-state index contributed by atoms with van der Waals surface area (Å²) in [4.78, 5) is 25.0. The number of fused-ring (bicyclic) bond motifs is 2. The number of ether oxygens (including phenoxy) is 2. The first-order valence-corrected chi connectivity index (χ1v) is 17.3. The van der Waals surface area contributed by atoms with Gasteiger partial charge in [-0.1, -0.05) is 135 Å². The fraction of sp³-hybridized carbons (Fsp3) is 0.632. The Morgan fingerprint density at radius 1 is 0.500 bits per heavy atom. The van der Waals surface area contributed by atoms with Crippen LogP contribution in [0.1, 0.15) is 163 Å². The molecule has 2 aromatic rings. The smallest absolute Gasteiger partial charge is 0.186 e. The van der Waals surface area contributed by atoms with Crippen LogP contribution in [-0.4, -0.2) is 24.8 Å². The molecule has 4 nitrogen and oxygen atoms in total. The van der Waals surface area contributed by atoms with E-state index in [-0.39, 0.29) is 11.6 Å². The highest BCUT2D eigenvalue weighted by Crippen LogP contribution is 2.38. The van der Waals surface area contributed by atoms with Gasteiger partial charge < -0.3 is 9.47 Å². The second-order valence-corrected chi connectivity index (χ2v) is 12.1. The molecule has 0 bridgehead atoms. The van der Waals surface area contributed by atoms with E-state index in [1.165, 1.54) is 121 Å². The quantitative estimate of drug-likeness (QED) is 0.117. The van der Waals surface area contributed by atoms with Crippen LogP contribution in [0.4, 0.5) is 0 Å². The summed E-state index contributed by atoms with van der Waals surface area (Å²) >= 11 is 0. The third kappa shape index (κ3) is 11.6. The molecule has 1 aliphatic carbocycles. The monoisotopic (exact) mass is 576 g/mol. The highest BCUT2D eigenvalue weighted by Gasteiger charge is 2.22. The summed E-state index contributed by atoms with van der Waals surface area (Å²) in [5, 5.41) is 1.74. The molecule has 0 saturated carbocycles. The van der Waals surface area contributed by atoms with Crippen LogP contribution in [0.2, 0.25) is 0 Å². The van der Waals surface area contributed by atoms with E-state index >= 15 is 0 Å². The van der Waals surface area contributed by atoms with Crippen LogP contribution in [0.15, 0.2) is 36.4 Å². The lowest BCUT2D eigenvalue weighted by molar-refractivity contribution is 0.0994. The van der Waals surface area contributed by atoms with Crippen molar-refractivity contribution in [2.45, 2.75) is 142 Å². The Morgan fingerprint density at radius 3 is 1.43 bits per heavy atom. The second kappa shape index (κ2) is 20.3. The summed E-state index contributed by atoms with van der Waals surface area (Å²) in [7, 11) is 0. The molecule has 0 aromatic heterocycles. The first-order chi connectivity index (χ1) is 20.7. The maximum absolute atomic E-state index is 12.6. The fourth-order valence-electron chi connectivity index (χ4n) is 5.86. The Bertz CT molecular complexity index is 1120. The largest absolute Gasteiger partial charge is 0.490 e. The third-order valence-corrected chi connectivity index (χ3v) is 8.49. The molecule has 0 unspecified atom stereocenters. The van der Waals surface area contributed by atoms with E-state index in [1.54, 1.807) is 0 Å². The van der Waals surface area contributed by atoms with Crippen LogP contribution in [-0.2, 0) is 0 Å². The van der Waals surface area contributed by atoms with Crippen molar-refractivity contribution in [2.24, 2.45) is 0 Å². The molecule has 232 valence electrons. The number of ketones is 2. The van der Waals surface area contributed by atoms with Crippen LogP contribution >= 0.6 is 0 Å². The van der Waals surface area contributed by atoms with Gasteiger partial charge in [-0.25, -0.2) is 0 Å². The predicted octanol–water partition coefficient (Wildman–Crippen LogP) is 11.4. The number of hydrogen-bond acceptors (Lipinski definition) is 4. The molecular formula is C38H56O4. The molecule has 0 N–H and O–H groups in total. The predicted molar refractivity (Wildman–Crippen MR) is 176 cm³/mol. The van der Waals surface area contributed by atoms with Crippen LogP contribution in [0.3, 0.4) is 0 Å². The molecule has 0 amide bonds. The second-order valence-electron chi connectivity index (χ2n) is 12.1. The molecule has 0 atom stereocenters. The zero-order chi connectivity index (χ0) is 29.8. The Kier molecular flexibility index (Phi) is 16.4. The number of hydrogen-bond donors (Lipinski definition) is 0. The summed E-state index contributed by atoms with van der Waals surface area (Å²) in [5.41, 5.74) is 0.917. The Labute approximate surface area is 255 Å². The summed E-state index contributed by atoms with van der Waals surface area (Å²) < 4.78 is 12.7.